The third-order valence-corrected chi connectivity index (χ3v) is 4.68. The van der Waals surface area contributed by atoms with Gasteiger partial charge in [0, 0.05) is 17.1 Å². The fraction of sp³-hybridized carbons (Fsp3) is 0.0556. The van der Waals surface area contributed by atoms with Gasteiger partial charge in [-0.3, -0.25) is 9.59 Å². The molecule has 1 aliphatic heterocycles. The summed E-state index contributed by atoms with van der Waals surface area (Å²) in [6.07, 6.45) is 1.83. The number of amidine groups is 1. The maximum Gasteiger partial charge on any atom is 0.264 e. The van der Waals surface area contributed by atoms with Gasteiger partial charge >= 0.3 is 0 Å². The van der Waals surface area contributed by atoms with Gasteiger partial charge in [0.05, 0.1) is 10.6 Å². The van der Waals surface area contributed by atoms with Crippen LogP contribution in [0.3, 0.4) is 0 Å². The summed E-state index contributed by atoms with van der Waals surface area (Å²) in [4.78, 5) is 28.1. The lowest BCUT2D eigenvalue weighted by Crippen LogP contribution is -2.19. The molecule has 1 aliphatic rings. The van der Waals surface area contributed by atoms with Crippen molar-refractivity contribution in [3.05, 3.63) is 63.5 Å². The number of halogens is 1. The number of nitrogens with zero attached hydrogens (tertiary/aromatic N) is 1. The Bertz CT molecular complexity index is 874. The number of carbonyl (C=O) groups excluding carboxylic acids is 2. The van der Waals surface area contributed by atoms with E-state index in [0.717, 1.165) is 10.0 Å². The zero-order valence-corrected chi connectivity index (χ0v) is 15.6. The van der Waals surface area contributed by atoms with E-state index in [1.165, 1.54) is 18.7 Å². The molecule has 0 radical (unpaired) electrons. The summed E-state index contributed by atoms with van der Waals surface area (Å²) in [5.74, 6) is -0.290. The number of nitrogens with one attached hydrogen (secondary N) is 2. The van der Waals surface area contributed by atoms with Crippen LogP contribution in [0.1, 0.15) is 12.5 Å². The monoisotopic (exact) mass is 415 g/mol. The molecule has 1 fully saturated rings. The minimum Gasteiger partial charge on any atom is -0.326 e. The number of benzene rings is 2. The van der Waals surface area contributed by atoms with Crippen molar-refractivity contribution in [3.63, 3.8) is 0 Å². The molecule has 7 heteroatoms. The number of aliphatic imine (C=N–C) groups is 1. The number of thioether (sulfide) groups is 1. The van der Waals surface area contributed by atoms with E-state index in [2.05, 4.69) is 31.6 Å². The Labute approximate surface area is 157 Å². The smallest absolute Gasteiger partial charge is 0.264 e. The number of hydrogen-bond donors (Lipinski definition) is 2. The third-order valence-electron chi connectivity index (χ3n) is 3.24. The van der Waals surface area contributed by atoms with Gasteiger partial charge in [0.2, 0.25) is 5.91 Å². The lowest BCUT2D eigenvalue weighted by molar-refractivity contribution is -0.115. The SMILES string of the molecule is CC(=O)Nc1ccc(N=C2NC(=O)/C(=C/c3ccc(Br)cc3)S2)cc1. The highest BCUT2D eigenvalue weighted by Gasteiger charge is 2.23. The predicted molar refractivity (Wildman–Crippen MR) is 106 cm³/mol. The van der Waals surface area contributed by atoms with Crippen LogP contribution in [0.25, 0.3) is 6.08 Å². The zero-order valence-electron chi connectivity index (χ0n) is 13.2. The number of hydrogen-bond acceptors (Lipinski definition) is 4. The van der Waals surface area contributed by atoms with Gasteiger partial charge < -0.3 is 10.6 Å². The first-order valence-electron chi connectivity index (χ1n) is 7.42. The van der Waals surface area contributed by atoms with Gasteiger partial charge in [-0.2, -0.15) is 0 Å². The molecule has 1 heterocycles. The van der Waals surface area contributed by atoms with E-state index in [1.54, 1.807) is 24.3 Å². The van der Waals surface area contributed by atoms with Crippen molar-refractivity contribution < 1.29 is 9.59 Å². The quantitative estimate of drug-likeness (QED) is 0.734. The molecule has 0 aliphatic carbocycles. The van der Waals surface area contributed by atoms with Crippen LogP contribution in [0.5, 0.6) is 0 Å². The van der Waals surface area contributed by atoms with Crippen molar-refractivity contribution in [2.24, 2.45) is 4.99 Å². The van der Waals surface area contributed by atoms with Gasteiger partial charge in [0.1, 0.15) is 0 Å². The maximum atomic E-state index is 12.1. The molecule has 2 N–H and O–H groups in total. The van der Waals surface area contributed by atoms with Crippen LogP contribution >= 0.6 is 27.7 Å². The Balaban J connectivity index is 1.74. The third kappa shape index (κ3) is 4.80. The van der Waals surface area contributed by atoms with E-state index >= 15 is 0 Å². The first kappa shape index (κ1) is 17.4. The number of amides is 2. The molecule has 5 nitrogen and oxygen atoms in total. The number of anilines is 1. The lowest BCUT2D eigenvalue weighted by atomic mass is 10.2. The van der Waals surface area contributed by atoms with Gasteiger partial charge in [0.15, 0.2) is 5.17 Å². The van der Waals surface area contributed by atoms with E-state index in [0.29, 0.717) is 21.4 Å². The van der Waals surface area contributed by atoms with Crippen molar-refractivity contribution in [1.82, 2.24) is 5.32 Å². The highest BCUT2D eigenvalue weighted by molar-refractivity contribution is 9.10. The second-order valence-electron chi connectivity index (χ2n) is 5.26. The molecule has 126 valence electrons. The average Bonchev–Trinajstić information content (AvgIpc) is 2.90. The Morgan fingerprint density at radius 1 is 1.16 bits per heavy atom. The summed E-state index contributed by atoms with van der Waals surface area (Å²) in [5, 5.41) is 5.98. The van der Waals surface area contributed by atoms with E-state index in [4.69, 9.17) is 0 Å². The summed E-state index contributed by atoms with van der Waals surface area (Å²) < 4.78 is 0.989. The summed E-state index contributed by atoms with van der Waals surface area (Å²) in [5.41, 5.74) is 2.35. The topological polar surface area (TPSA) is 70.6 Å². The Morgan fingerprint density at radius 2 is 1.84 bits per heavy atom. The summed E-state index contributed by atoms with van der Waals surface area (Å²) in [6.45, 7) is 1.46. The van der Waals surface area contributed by atoms with Crippen LogP contribution in [-0.4, -0.2) is 17.0 Å². The van der Waals surface area contributed by atoms with Crippen molar-refractivity contribution >= 4 is 62.1 Å². The van der Waals surface area contributed by atoms with Crippen molar-refractivity contribution in [2.75, 3.05) is 5.32 Å². The highest BCUT2D eigenvalue weighted by Crippen LogP contribution is 2.28. The number of carbonyl (C=O) groups is 2. The van der Waals surface area contributed by atoms with Crippen LogP contribution in [0.2, 0.25) is 0 Å². The molecule has 0 saturated carbocycles. The van der Waals surface area contributed by atoms with Crippen LogP contribution in [0.15, 0.2) is 62.9 Å². The summed E-state index contributed by atoms with van der Waals surface area (Å²) >= 11 is 4.68. The van der Waals surface area contributed by atoms with Crippen molar-refractivity contribution in [1.29, 1.82) is 0 Å². The van der Waals surface area contributed by atoms with Gasteiger partial charge in [0.25, 0.3) is 5.91 Å². The molecule has 0 unspecified atom stereocenters. The molecule has 0 bridgehead atoms. The standard InChI is InChI=1S/C18H14BrN3O2S/c1-11(23)20-14-6-8-15(9-7-14)21-18-22-17(24)16(25-18)10-12-2-4-13(19)5-3-12/h2-10H,1H3,(H,20,23)(H,21,22,24)/b16-10-. The molecular weight excluding hydrogens is 402 g/mol. The van der Waals surface area contributed by atoms with E-state index in [9.17, 15) is 9.59 Å². The van der Waals surface area contributed by atoms with Crippen LogP contribution in [0, 0.1) is 0 Å². The minimum atomic E-state index is -0.165. The molecule has 25 heavy (non-hydrogen) atoms. The second kappa shape index (κ2) is 7.67. The van der Waals surface area contributed by atoms with Crippen LogP contribution in [0.4, 0.5) is 11.4 Å². The van der Waals surface area contributed by atoms with Gasteiger partial charge in [-0.05, 0) is 59.8 Å². The molecule has 0 spiro atoms. The van der Waals surface area contributed by atoms with Crippen LogP contribution in [-0.2, 0) is 9.59 Å². The van der Waals surface area contributed by atoms with Crippen molar-refractivity contribution in [3.8, 4) is 0 Å². The molecule has 2 amide bonds. The Morgan fingerprint density at radius 3 is 2.48 bits per heavy atom. The highest BCUT2D eigenvalue weighted by atomic mass is 79.9. The van der Waals surface area contributed by atoms with E-state index in [-0.39, 0.29) is 11.8 Å². The molecule has 3 rings (SSSR count). The van der Waals surface area contributed by atoms with E-state index < -0.39 is 0 Å². The Kier molecular flexibility index (Phi) is 5.35. The lowest BCUT2D eigenvalue weighted by Gasteiger charge is -2.02. The second-order valence-corrected chi connectivity index (χ2v) is 7.21. The molecule has 0 aromatic heterocycles. The van der Waals surface area contributed by atoms with Crippen LogP contribution < -0.4 is 10.6 Å². The maximum absolute atomic E-state index is 12.1. The van der Waals surface area contributed by atoms with Gasteiger partial charge in [-0.1, -0.05) is 28.1 Å². The van der Waals surface area contributed by atoms with Gasteiger partial charge in [-0.25, -0.2) is 4.99 Å². The molecule has 0 atom stereocenters. The van der Waals surface area contributed by atoms with Crippen molar-refractivity contribution in [2.45, 2.75) is 6.92 Å². The molecule has 1 saturated heterocycles. The largest absolute Gasteiger partial charge is 0.326 e. The summed E-state index contributed by atoms with van der Waals surface area (Å²) in [6, 6.07) is 14.8. The minimum absolute atomic E-state index is 0.125. The fourth-order valence-corrected chi connectivity index (χ4v) is 3.24. The molecule has 2 aromatic rings. The number of rotatable bonds is 3. The van der Waals surface area contributed by atoms with Gasteiger partial charge in [-0.15, -0.1) is 0 Å². The summed E-state index contributed by atoms with van der Waals surface area (Å²) in [7, 11) is 0. The Hall–Kier alpha value is -2.38. The molecular formula is C18H14BrN3O2S. The van der Waals surface area contributed by atoms with E-state index in [1.807, 2.05) is 30.3 Å². The zero-order chi connectivity index (χ0) is 17.8. The molecule has 2 aromatic carbocycles. The first-order valence-corrected chi connectivity index (χ1v) is 9.03. The normalized spacial score (nSPS) is 17.0. The predicted octanol–water partition coefficient (Wildman–Crippen LogP) is 4.30. The average molecular weight is 416 g/mol. The fourth-order valence-electron chi connectivity index (χ4n) is 2.13. The first-order chi connectivity index (χ1) is 12.0.